The van der Waals surface area contributed by atoms with Crippen LogP contribution in [0.3, 0.4) is 0 Å². The summed E-state index contributed by atoms with van der Waals surface area (Å²) in [6, 6.07) is 14.9. The number of benzene rings is 3. The molecule has 0 aliphatic rings. The number of halogens is 2. The molecule has 156 valence electrons. The van der Waals surface area contributed by atoms with Gasteiger partial charge in [0.05, 0.1) is 22.7 Å². The van der Waals surface area contributed by atoms with Gasteiger partial charge >= 0.3 is 5.97 Å². The highest BCUT2D eigenvalue weighted by atomic mass is 35.5. The van der Waals surface area contributed by atoms with Crippen molar-refractivity contribution in [2.75, 3.05) is 11.8 Å². The van der Waals surface area contributed by atoms with Crippen LogP contribution >= 0.6 is 23.2 Å². The minimum atomic E-state index is -4.01. The molecule has 0 atom stereocenters. The Bertz CT molecular complexity index is 1180. The molecular formula is C20H15Cl2NO6S. The van der Waals surface area contributed by atoms with E-state index >= 15 is 0 Å². The maximum absolute atomic E-state index is 12.9. The molecule has 0 unspecified atom stereocenters. The lowest BCUT2D eigenvalue weighted by Gasteiger charge is -2.15. The minimum Gasteiger partial charge on any atom is -0.495 e. The zero-order valence-corrected chi connectivity index (χ0v) is 17.8. The number of para-hydroxylation sites is 1. The third kappa shape index (κ3) is 4.79. The van der Waals surface area contributed by atoms with Crippen LogP contribution in [0.1, 0.15) is 10.4 Å². The topological polar surface area (TPSA) is 102 Å². The highest BCUT2D eigenvalue weighted by Crippen LogP contribution is 2.39. The predicted octanol–water partition coefficient (Wildman–Crippen LogP) is 5.29. The first-order chi connectivity index (χ1) is 14.2. The second-order valence-electron chi connectivity index (χ2n) is 5.96. The summed E-state index contributed by atoms with van der Waals surface area (Å²) in [7, 11) is -2.66. The van der Waals surface area contributed by atoms with Crippen molar-refractivity contribution in [3.63, 3.8) is 0 Å². The third-order valence-electron chi connectivity index (χ3n) is 3.92. The molecule has 7 nitrogen and oxygen atoms in total. The lowest BCUT2D eigenvalue weighted by atomic mass is 10.2. The number of hydrogen-bond acceptors (Lipinski definition) is 5. The summed E-state index contributed by atoms with van der Waals surface area (Å²) in [5.41, 5.74) is 0.267. The van der Waals surface area contributed by atoms with Crippen LogP contribution in [0, 0.1) is 0 Å². The van der Waals surface area contributed by atoms with E-state index in [1.54, 1.807) is 30.3 Å². The molecule has 3 rings (SSSR count). The number of aromatic carboxylic acids is 1. The Hall–Kier alpha value is -2.94. The van der Waals surface area contributed by atoms with Crippen LogP contribution in [0.5, 0.6) is 17.2 Å². The highest BCUT2D eigenvalue weighted by Gasteiger charge is 2.22. The van der Waals surface area contributed by atoms with Crippen LogP contribution in [-0.4, -0.2) is 26.6 Å². The summed E-state index contributed by atoms with van der Waals surface area (Å²) in [5, 5.41) is 8.99. The number of anilines is 1. The average Bonchev–Trinajstić information content (AvgIpc) is 2.70. The molecule has 0 aromatic heterocycles. The SMILES string of the molecule is COc1ccc(Oc2c(Cl)cc(C(=O)O)cc2Cl)cc1S(=O)(=O)Nc1ccccc1. The average molecular weight is 468 g/mol. The zero-order chi connectivity index (χ0) is 21.9. The van der Waals surface area contributed by atoms with Crippen molar-refractivity contribution in [1.29, 1.82) is 0 Å². The van der Waals surface area contributed by atoms with Gasteiger partial charge in [-0.05, 0) is 36.4 Å². The Morgan fingerprint density at radius 1 is 1.00 bits per heavy atom. The van der Waals surface area contributed by atoms with E-state index in [1.165, 1.54) is 37.4 Å². The molecule has 10 heteroatoms. The summed E-state index contributed by atoms with van der Waals surface area (Å²) in [4.78, 5) is 10.9. The Balaban J connectivity index is 1.98. The van der Waals surface area contributed by atoms with Gasteiger partial charge < -0.3 is 14.6 Å². The van der Waals surface area contributed by atoms with Crippen LogP contribution in [0.2, 0.25) is 10.0 Å². The number of methoxy groups -OCH3 is 1. The molecule has 30 heavy (non-hydrogen) atoms. The number of sulfonamides is 1. The van der Waals surface area contributed by atoms with Gasteiger partial charge in [0, 0.05) is 11.8 Å². The van der Waals surface area contributed by atoms with Crippen molar-refractivity contribution in [1.82, 2.24) is 0 Å². The van der Waals surface area contributed by atoms with E-state index in [4.69, 9.17) is 37.8 Å². The van der Waals surface area contributed by atoms with Gasteiger partial charge in [0.1, 0.15) is 16.4 Å². The molecule has 0 fully saturated rings. The first-order valence-electron chi connectivity index (χ1n) is 8.37. The Morgan fingerprint density at radius 2 is 1.63 bits per heavy atom. The molecule has 0 saturated carbocycles. The van der Waals surface area contributed by atoms with E-state index < -0.39 is 16.0 Å². The molecule has 0 aliphatic heterocycles. The van der Waals surface area contributed by atoms with Crippen molar-refractivity contribution < 1.29 is 27.8 Å². The number of rotatable bonds is 7. The minimum absolute atomic E-state index is 0.00660. The molecule has 0 aliphatic carbocycles. The van der Waals surface area contributed by atoms with E-state index in [-0.39, 0.29) is 37.8 Å². The number of carbonyl (C=O) groups is 1. The van der Waals surface area contributed by atoms with E-state index in [1.807, 2.05) is 0 Å². The molecule has 3 aromatic rings. The van der Waals surface area contributed by atoms with Crippen LogP contribution < -0.4 is 14.2 Å². The van der Waals surface area contributed by atoms with Gasteiger partial charge in [0.15, 0.2) is 5.75 Å². The molecule has 0 saturated heterocycles. The summed E-state index contributed by atoms with van der Waals surface area (Å²) in [6.07, 6.45) is 0. The number of carboxylic acid groups (broad SMARTS) is 1. The van der Waals surface area contributed by atoms with Crippen molar-refractivity contribution in [3.05, 3.63) is 76.3 Å². The molecule has 0 bridgehead atoms. The van der Waals surface area contributed by atoms with Crippen molar-refractivity contribution in [2.45, 2.75) is 4.90 Å². The quantitative estimate of drug-likeness (QED) is 0.489. The van der Waals surface area contributed by atoms with Gasteiger partial charge in [0.25, 0.3) is 10.0 Å². The summed E-state index contributed by atoms with van der Waals surface area (Å²) < 4.78 is 39.0. The van der Waals surface area contributed by atoms with Crippen molar-refractivity contribution >= 4 is 44.9 Å². The first-order valence-corrected chi connectivity index (χ1v) is 10.6. The number of ether oxygens (including phenoxy) is 2. The largest absolute Gasteiger partial charge is 0.495 e. The maximum Gasteiger partial charge on any atom is 0.335 e. The molecule has 3 aromatic carbocycles. The second kappa shape index (κ2) is 8.83. The van der Waals surface area contributed by atoms with Crippen LogP contribution in [0.25, 0.3) is 0 Å². The van der Waals surface area contributed by atoms with Crippen LogP contribution in [-0.2, 0) is 10.0 Å². The lowest BCUT2D eigenvalue weighted by molar-refractivity contribution is 0.0697. The van der Waals surface area contributed by atoms with Crippen molar-refractivity contribution in [3.8, 4) is 17.2 Å². The van der Waals surface area contributed by atoms with Gasteiger partial charge in [-0.2, -0.15) is 0 Å². The Morgan fingerprint density at radius 3 is 2.20 bits per heavy atom. The van der Waals surface area contributed by atoms with Gasteiger partial charge in [-0.25, -0.2) is 13.2 Å². The maximum atomic E-state index is 12.9. The normalized spacial score (nSPS) is 11.0. The van der Waals surface area contributed by atoms with Crippen LogP contribution in [0.15, 0.2) is 65.6 Å². The Kier molecular flexibility index (Phi) is 6.40. The summed E-state index contributed by atoms with van der Waals surface area (Å²) in [6.45, 7) is 0. The van der Waals surface area contributed by atoms with E-state index in [0.29, 0.717) is 5.69 Å². The second-order valence-corrected chi connectivity index (χ2v) is 8.43. The van der Waals surface area contributed by atoms with Gasteiger partial charge in [0.2, 0.25) is 0 Å². The fraction of sp³-hybridized carbons (Fsp3) is 0.0500. The van der Waals surface area contributed by atoms with E-state index in [9.17, 15) is 13.2 Å². The number of hydrogen-bond donors (Lipinski definition) is 2. The monoisotopic (exact) mass is 467 g/mol. The summed E-state index contributed by atoms with van der Waals surface area (Å²) in [5.74, 6) is -0.997. The van der Waals surface area contributed by atoms with Gasteiger partial charge in [-0.15, -0.1) is 0 Å². The molecule has 0 radical (unpaired) electrons. The number of carboxylic acids is 1. The molecule has 0 amide bonds. The molecular weight excluding hydrogens is 453 g/mol. The molecule has 2 N–H and O–H groups in total. The fourth-order valence-electron chi connectivity index (χ4n) is 2.55. The van der Waals surface area contributed by atoms with Crippen LogP contribution in [0.4, 0.5) is 5.69 Å². The molecule has 0 spiro atoms. The van der Waals surface area contributed by atoms with E-state index in [2.05, 4.69) is 4.72 Å². The highest BCUT2D eigenvalue weighted by molar-refractivity contribution is 7.92. The predicted molar refractivity (Wildman–Crippen MR) is 114 cm³/mol. The third-order valence-corrected chi connectivity index (χ3v) is 5.88. The van der Waals surface area contributed by atoms with E-state index in [0.717, 1.165) is 0 Å². The fourth-order valence-corrected chi connectivity index (χ4v) is 4.35. The molecule has 0 heterocycles. The van der Waals surface area contributed by atoms with Crippen molar-refractivity contribution in [2.24, 2.45) is 0 Å². The lowest BCUT2D eigenvalue weighted by Crippen LogP contribution is -2.14. The number of nitrogens with one attached hydrogen (secondary N) is 1. The zero-order valence-electron chi connectivity index (χ0n) is 15.4. The smallest absolute Gasteiger partial charge is 0.335 e. The summed E-state index contributed by atoms with van der Waals surface area (Å²) >= 11 is 12.2. The standard InChI is InChI=1S/C20H15Cl2NO6S/c1-28-17-8-7-14(29-19-15(21)9-12(20(24)25)10-16(19)22)11-18(17)30(26,27)23-13-5-3-2-4-6-13/h2-11,23H,1H3,(H,24,25). The Labute approximate surface area is 182 Å². The van der Waals surface area contributed by atoms with Gasteiger partial charge in [-0.1, -0.05) is 41.4 Å². The van der Waals surface area contributed by atoms with Gasteiger partial charge in [-0.3, -0.25) is 4.72 Å². The first kappa shape index (κ1) is 21.8.